The van der Waals surface area contributed by atoms with Gasteiger partial charge in [-0.1, -0.05) is 36.7 Å². The summed E-state index contributed by atoms with van der Waals surface area (Å²) in [5, 5.41) is 3.21. The second-order valence-electron chi connectivity index (χ2n) is 7.41. The van der Waals surface area contributed by atoms with Gasteiger partial charge >= 0.3 is 0 Å². The molecule has 1 amide bonds. The number of hydrogen-bond acceptors (Lipinski definition) is 4. The highest BCUT2D eigenvalue weighted by Crippen LogP contribution is 2.23. The van der Waals surface area contributed by atoms with Crippen molar-refractivity contribution in [3.8, 4) is 5.75 Å². The van der Waals surface area contributed by atoms with Crippen molar-refractivity contribution in [2.75, 3.05) is 10.0 Å². The van der Waals surface area contributed by atoms with Crippen LogP contribution >= 0.6 is 11.6 Å². The van der Waals surface area contributed by atoms with Gasteiger partial charge in [0.2, 0.25) is 0 Å². The Morgan fingerprint density at radius 2 is 1.72 bits per heavy atom. The molecule has 3 aromatic carbocycles. The predicted molar refractivity (Wildman–Crippen MR) is 128 cm³/mol. The van der Waals surface area contributed by atoms with Gasteiger partial charge in [0, 0.05) is 10.7 Å². The average molecular weight is 473 g/mol. The fraction of sp³-hybridized carbons (Fsp3) is 0.208. The van der Waals surface area contributed by atoms with E-state index in [4.69, 9.17) is 16.3 Å². The molecule has 6 nitrogen and oxygen atoms in total. The van der Waals surface area contributed by atoms with Gasteiger partial charge in [-0.15, -0.1) is 0 Å². The Bertz CT molecular complexity index is 1210. The molecule has 3 aromatic rings. The summed E-state index contributed by atoms with van der Waals surface area (Å²) in [6, 6.07) is 18.2. The SMILES string of the molecule is CC[C@@H](Oc1cc(C)ccc1C)C(=O)Nc1ccc(S(=O)(=O)Nc2cccc(Cl)c2)cc1. The van der Waals surface area contributed by atoms with E-state index in [1.807, 2.05) is 39.0 Å². The predicted octanol–water partition coefficient (Wildman–Crippen LogP) is 5.55. The maximum atomic E-state index is 12.7. The summed E-state index contributed by atoms with van der Waals surface area (Å²) in [5.41, 5.74) is 2.83. The monoisotopic (exact) mass is 472 g/mol. The van der Waals surface area contributed by atoms with Gasteiger partial charge in [-0.3, -0.25) is 9.52 Å². The second kappa shape index (κ2) is 10.1. The van der Waals surface area contributed by atoms with Crippen molar-refractivity contribution < 1.29 is 17.9 Å². The molecule has 0 bridgehead atoms. The molecule has 0 aromatic heterocycles. The molecular weight excluding hydrogens is 448 g/mol. The molecule has 0 saturated carbocycles. The molecule has 0 heterocycles. The maximum Gasteiger partial charge on any atom is 0.265 e. The smallest absolute Gasteiger partial charge is 0.265 e. The van der Waals surface area contributed by atoms with Gasteiger partial charge < -0.3 is 10.1 Å². The van der Waals surface area contributed by atoms with Crippen LogP contribution in [0.5, 0.6) is 5.75 Å². The molecule has 3 rings (SSSR count). The van der Waals surface area contributed by atoms with Crippen molar-refractivity contribution in [3.05, 3.63) is 82.9 Å². The summed E-state index contributed by atoms with van der Waals surface area (Å²) in [5.74, 6) is 0.363. The quantitative estimate of drug-likeness (QED) is 0.450. The van der Waals surface area contributed by atoms with Crippen molar-refractivity contribution >= 4 is 38.9 Å². The molecule has 0 spiro atoms. The van der Waals surface area contributed by atoms with Crippen LogP contribution in [0, 0.1) is 13.8 Å². The number of aryl methyl sites for hydroxylation is 2. The van der Waals surface area contributed by atoms with E-state index in [1.54, 1.807) is 18.2 Å². The van der Waals surface area contributed by atoms with E-state index in [0.29, 0.717) is 28.6 Å². The minimum Gasteiger partial charge on any atom is -0.480 e. The zero-order chi connectivity index (χ0) is 23.3. The van der Waals surface area contributed by atoms with Crippen molar-refractivity contribution in [1.82, 2.24) is 0 Å². The maximum absolute atomic E-state index is 12.7. The first-order valence-electron chi connectivity index (χ1n) is 10.1. The second-order valence-corrected chi connectivity index (χ2v) is 9.53. The first-order chi connectivity index (χ1) is 15.2. The fourth-order valence-electron chi connectivity index (χ4n) is 3.02. The number of carbonyl (C=O) groups excluding carboxylic acids is 1. The zero-order valence-corrected chi connectivity index (χ0v) is 19.6. The standard InChI is InChI=1S/C24H25ClN2O4S/c1-4-22(31-23-14-16(2)8-9-17(23)3)24(28)26-19-10-12-21(13-11-19)32(29,30)27-20-7-5-6-18(25)15-20/h5-15,22,27H,4H2,1-3H3,(H,26,28)/t22-/m1/s1. The summed E-state index contributed by atoms with van der Waals surface area (Å²) in [7, 11) is -3.79. The van der Waals surface area contributed by atoms with E-state index in [0.717, 1.165) is 11.1 Å². The highest BCUT2D eigenvalue weighted by molar-refractivity contribution is 7.92. The van der Waals surface area contributed by atoms with Crippen molar-refractivity contribution in [2.24, 2.45) is 0 Å². The van der Waals surface area contributed by atoms with Crippen LogP contribution in [0.25, 0.3) is 0 Å². The van der Waals surface area contributed by atoms with Gasteiger partial charge in [-0.25, -0.2) is 8.42 Å². The van der Waals surface area contributed by atoms with Gasteiger partial charge in [0.15, 0.2) is 6.10 Å². The molecule has 168 valence electrons. The normalized spacial score (nSPS) is 12.1. The number of nitrogens with one attached hydrogen (secondary N) is 2. The van der Waals surface area contributed by atoms with E-state index in [1.165, 1.54) is 30.3 Å². The highest BCUT2D eigenvalue weighted by atomic mass is 35.5. The summed E-state index contributed by atoms with van der Waals surface area (Å²) in [6.07, 6.45) is -0.196. The lowest BCUT2D eigenvalue weighted by atomic mass is 10.1. The van der Waals surface area contributed by atoms with Crippen LogP contribution in [0.4, 0.5) is 11.4 Å². The molecule has 0 aliphatic carbocycles. The number of sulfonamides is 1. The first-order valence-corrected chi connectivity index (χ1v) is 12.0. The van der Waals surface area contributed by atoms with Crippen molar-refractivity contribution in [3.63, 3.8) is 0 Å². The lowest BCUT2D eigenvalue weighted by Gasteiger charge is -2.19. The Labute approximate surface area is 193 Å². The average Bonchev–Trinajstić information content (AvgIpc) is 2.74. The van der Waals surface area contributed by atoms with E-state index in [2.05, 4.69) is 10.0 Å². The number of rotatable bonds is 8. The topological polar surface area (TPSA) is 84.5 Å². The minimum atomic E-state index is -3.79. The minimum absolute atomic E-state index is 0.0640. The molecule has 0 saturated heterocycles. The summed E-state index contributed by atoms with van der Waals surface area (Å²) in [4.78, 5) is 12.8. The van der Waals surface area contributed by atoms with Crippen LogP contribution in [-0.4, -0.2) is 20.4 Å². The van der Waals surface area contributed by atoms with Crippen LogP contribution in [0.3, 0.4) is 0 Å². The Balaban J connectivity index is 1.68. The van der Waals surface area contributed by atoms with E-state index >= 15 is 0 Å². The molecule has 0 aliphatic rings. The van der Waals surface area contributed by atoms with Crippen molar-refractivity contribution in [2.45, 2.75) is 38.2 Å². The highest BCUT2D eigenvalue weighted by Gasteiger charge is 2.20. The molecule has 32 heavy (non-hydrogen) atoms. The Kier molecular flexibility index (Phi) is 7.43. The molecule has 0 fully saturated rings. The van der Waals surface area contributed by atoms with Gasteiger partial charge in [0.1, 0.15) is 5.75 Å². The third kappa shape index (κ3) is 6.02. The molecule has 0 aliphatic heterocycles. The largest absolute Gasteiger partial charge is 0.480 e. The third-order valence-corrected chi connectivity index (χ3v) is 6.42. The Morgan fingerprint density at radius 3 is 2.38 bits per heavy atom. The summed E-state index contributed by atoms with van der Waals surface area (Å²) < 4.78 is 33.6. The number of halogens is 1. The van der Waals surface area contributed by atoms with Crippen LogP contribution in [0.15, 0.2) is 71.6 Å². The van der Waals surface area contributed by atoms with Gasteiger partial charge in [-0.05, 0) is 79.9 Å². The number of amides is 1. The molecular formula is C24H25ClN2O4S. The van der Waals surface area contributed by atoms with E-state index in [-0.39, 0.29) is 10.8 Å². The van der Waals surface area contributed by atoms with Crippen molar-refractivity contribution in [1.29, 1.82) is 0 Å². The van der Waals surface area contributed by atoms with Gasteiger partial charge in [0.05, 0.1) is 10.6 Å². The van der Waals surface area contributed by atoms with Crippen LogP contribution in [0.2, 0.25) is 5.02 Å². The fourth-order valence-corrected chi connectivity index (χ4v) is 4.26. The van der Waals surface area contributed by atoms with Crippen LogP contribution < -0.4 is 14.8 Å². The lowest BCUT2D eigenvalue weighted by molar-refractivity contribution is -0.122. The number of benzene rings is 3. The van der Waals surface area contributed by atoms with Gasteiger partial charge in [-0.2, -0.15) is 0 Å². The number of hydrogen-bond donors (Lipinski definition) is 2. The molecule has 1 atom stereocenters. The third-order valence-electron chi connectivity index (χ3n) is 4.79. The van der Waals surface area contributed by atoms with Crippen LogP contribution in [-0.2, 0) is 14.8 Å². The van der Waals surface area contributed by atoms with E-state index in [9.17, 15) is 13.2 Å². The molecule has 8 heteroatoms. The molecule has 0 unspecified atom stereocenters. The van der Waals surface area contributed by atoms with E-state index < -0.39 is 16.1 Å². The summed E-state index contributed by atoms with van der Waals surface area (Å²) in [6.45, 7) is 5.76. The summed E-state index contributed by atoms with van der Waals surface area (Å²) >= 11 is 5.91. The van der Waals surface area contributed by atoms with Gasteiger partial charge in [0.25, 0.3) is 15.9 Å². The lowest BCUT2D eigenvalue weighted by Crippen LogP contribution is -2.32. The first kappa shape index (κ1) is 23.6. The Hall–Kier alpha value is -3.03. The van der Waals surface area contributed by atoms with Crippen LogP contribution in [0.1, 0.15) is 24.5 Å². The molecule has 0 radical (unpaired) electrons. The number of carbonyl (C=O) groups is 1. The molecule has 2 N–H and O–H groups in total. The zero-order valence-electron chi connectivity index (χ0n) is 18.1. The number of anilines is 2. The Morgan fingerprint density at radius 1 is 1.00 bits per heavy atom. The number of ether oxygens (including phenoxy) is 1.